The van der Waals surface area contributed by atoms with Gasteiger partial charge in [0.1, 0.15) is 5.69 Å². The summed E-state index contributed by atoms with van der Waals surface area (Å²) in [5.74, 6) is 0.859. The second kappa shape index (κ2) is 10.4. The molecule has 30 heavy (non-hydrogen) atoms. The standard InChI is InChI=1S/C22H23N3O4S/c1-28-18-9-8-16(12-19(18)29-2)10-11-23-21(27)17-14-30-22(24-17)25-20(26)13-15-6-4-3-5-7-15/h3-9,12,14H,10-11,13H2,1-2H3,(H,23,27)(H,24,25,26). The van der Waals surface area contributed by atoms with E-state index in [4.69, 9.17) is 9.47 Å². The summed E-state index contributed by atoms with van der Waals surface area (Å²) in [7, 11) is 3.17. The lowest BCUT2D eigenvalue weighted by atomic mass is 10.1. The lowest BCUT2D eigenvalue weighted by Gasteiger charge is -2.09. The number of carbonyl (C=O) groups excluding carboxylic acids is 2. The molecule has 8 heteroatoms. The fraction of sp³-hybridized carbons (Fsp3) is 0.227. The van der Waals surface area contributed by atoms with Gasteiger partial charge < -0.3 is 20.1 Å². The topological polar surface area (TPSA) is 89.6 Å². The van der Waals surface area contributed by atoms with Gasteiger partial charge >= 0.3 is 0 Å². The lowest BCUT2D eigenvalue weighted by molar-refractivity contribution is -0.115. The zero-order chi connectivity index (χ0) is 21.3. The molecular formula is C22H23N3O4S. The first kappa shape index (κ1) is 21.3. The summed E-state index contributed by atoms with van der Waals surface area (Å²) in [6, 6.07) is 15.1. The highest BCUT2D eigenvalue weighted by Gasteiger charge is 2.13. The van der Waals surface area contributed by atoms with Crippen LogP contribution >= 0.6 is 11.3 Å². The molecule has 1 aromatic heterocycles. The van der Waals surface area contributed by atoms with Gasteiger partial charge in [0.25, 0.3) is 5.91 Å². The van der Waals surface area contributed by atoms with E-state index < -0.39 is 0 Å². The molecule has 2 aromatic carbocycles. The van der Waals surface area contributed by atoms with Gasteiger partial charge in [-0.25, -0.2) is 4.98 Å². The molecule has 0 aliphatic rings. The van der Waals surface area contributed by atoms with Gasteiger partial charge in [-0.1, -0.05) is 36.4 Å². The molecule has 7 nitrogen and oxygen atoms in total. The summed E-state index contributed by atoms with van der Waals surface area (Å²) in [6.07, 6.45) is 0.893. The number of amides is 2. The first-order valence-electron chi connectivity index (χ1n) is 9.37. The Morgan fingerprint density at radius 3 is 2.50 bits per heavy atom. The molecule has 0 bridgehead atoms. The highest BCUT2D eigenvalue weighted by molar-refractivity contribution is 7.14. The molecule has 1 heterocycles. The molecule has 0 unspecified atom stereocenters. The predicted molar refractivity (Wildman–Crippen MR) is 116 cm³/mol. The first-order chi connectivity index (χ1) is 14.6. The molecule has 2 amide bonds. The molecule has 0 aliphatic heterocycles. The summed E-state index contributed by atoms with van der Waals surface area (Å²) in [6.45, 7) is 0.446. The van der Waals surface area contributed by atoms with E-state index in [2.05, 4.69) is 15.6 Å². The molecule has 156 valence electrons. The molecule has 3 aromatic rings. The first-order valence-corrected chi connectivity index (χ1v) is 10.3. The number of thiazole rings is 1. The van der Waals surface area contributed by atoms with Gasteiger partial charge in [-0.3, -0.25) is 9.59 Å². The smallest absolute Gasteiger partial charge is 0.270 e. The maximum Gasteiger partial charge on any atom is 0.270 e. The van der Waals surface area contributed by atoms with Crippen LogP contribution in [-0.4, -0.2) is 37.6 Å². The third kappa shape index (κ3) is 5.81. The molecule has 2 N–H and O–H groups in total. The summed E-state index contributed by atoms with van der Waals surface area (Å²) in [5, 5.41) is 7.61. The van der Waals surface area contributed by atoms with Crippen LogP contribution in [0.15, 0.2) is 53.9 Å². The Bertz CT molecular complexity index is 1000. The van der Waals surface area contributed by atoms with Crippen molar-refractivity contribution in [2.24, 2.45) is 0 Å². The lowest BCUT2D eigenvalue weighted by Crippen LogP contribution is -2.26. The van der Waals surface area contributed by atoms with Crippen LogP contribution in [0.3, 0.4) is 0 Å². The van der Waals surface area contributed by atoms with Gasteiger partial charge in [0.15, 0.2) is 16.6 Å². The largest absolute Gasteiger partial charge is 0.493 e. The van der Waals surface area contributed by atoms with Crippen LogP contribution in [0.4, 0.5) is 5.13 Å². The van der Waals surface area contributed by atoms with E-state index >= 15 is 0 Å². The van der Waals surface area contributed by atoms with E-state index in [0.717, 1.165) is 11.1 Å². The van der Waals surface area contributed by atoms with Crippen molar-refractivity contribution in [3.8, 4) is 11.5 Å². The maximum atomic E-state index is 12.3. The third-order valence-electron chi connectivity index (χ3n) is 4.34. The number of anilines is 1. The molecule has 0 radical (unpaired) electrons. The average Bonchev–Trinajstić information content (AvgIpc) is 3.22. The zero-order valence-electron chi connectivity index (χ0n) is 16.8. The van der Waals surface area contributed by atoms with Crippen molar-refractivity contribution in [3.63, 3.8) is 0 Å². The SMILES string of the molecule is COc1ccc(CCNC(=O)c2csc(NC(=O)Cc3ccccc3)n2)cc1OC. The van der Waals surface area contributed by atoms with Gasteiger partial charge in [0.2, 0.25) is 5.91 Å². The number of hydrogen-bond acceptors (Lipinski definition) is 6. The number of rotatable bonds is 9. The van der Waals surface area contributed by atoms with E-state index in [-0.39, 0.29) is 23.9 Å². The Morgan fingerprint density at radius 1 is 1.00 bits per heavy atom. The van der Waals surface area contributed by atoms with E-state index in [1.807, 2.05) is 48.5 Å². The van der Waals surface area contributed by atoms with Gasteiger partial charge in [-0.15, -0.1) is 11.3 Å². The molecule has 0 spiro atoms. The van der Waals surface area contributed by atoms with E-state index in [1.165, 1.54) is 11.3 Å². The van der Waals surface area contributed by atoms with Crippen LogP contribution in [0.1, 0.15) is 21.6 Å². The van der Waals surface area contributed by atoms with Crippen LogP contribution in [-0.2, 0) is 17.6 Å². The minimum atomic E-state index is -0.282. The summed E-state index contributed by atoms with van der Waals surface area (Å²) < 4.78 is 10.5. The number of ether oxygens (including phenoxy) is 2. The minimum Gasteiger partial charge on any atom is -0.493 e. The fourth-order valence-electron chi connectivity index (χ4n) is 2.83. The fourth-order valence-corrected chi connectivity index (χ4v) is 3.53. The van der Waals surface area contributed by atoms with Crippen molar-refractivity contribution in [1.82, 2.24) is 10.3 Å². The van der Waals surface area contributed by atoms with Crippen molar-refractivity contribution < 1.29 is 19.1 Å². The summed E-state index contributed by atoms with van der Waals surface area (Å²) >= 11 is 1.22. The van der Waals surface area contributed by atoms with Crippen molar-refractivity contribution in [2.75, 3.05) is 26.1 Å². The number of hydrogen-bond donors (Lipinski definition) is 2. The highest BCUT2D eigenvalue weighted by atomic mass is 32.1. The van der Waals surface area contributed by atoms with Crippen LogP contribution in [0.25, 0.3) is 0 Å². The van der Waals surface area contributed by atoms with E-state index in [0.29, 0.717) is 29.6 Å². The Kier molecular flexibility index (Phi) is 7.40. The quantitative estimate of drug-likeness (QED) is 0.549. The monoisotopic (exact) mass is 425 g/mol. The average molecular weight is 426 g/mol. The number of aromatic nitrogens is 1. The molecule has 0 saturated heterocycles. The normalized spacial score (nSPS) is 10.3. The number of nitrogens with zero attached hydrogens (tertiary/aromatic N) is 1. The summed E-state index contributed by atoms with van der Waals surface area (Å²) in [4.78, 5) is 28.7. The number of nitrogens with one attached hydrogen (secondary N) is 2. The molecule has 0 saturated carbocycles. The van der Waals surface area contributed by atoms with Crippen LogP contribution < -0.4 is 20.1 Å². The van der Waals surface area contributed by atoms with Crippen molar-refractivity contribution in [2.45, 2.75) is 12.8 Å². The predicted octanol–water partition coefficient (Wildman–Crippen LogP) is 3.31. The van der Waals surface area contributed by atoms with E-state index in [1.54, 1.807) is 19.6 Å². The summed E-state index contributed by atoms with van der Waals surface area (Å²) in [5.41, 5.74) is 2.21. The highest BCUT2D eigenvalue weighted by Crippen LogP contribution is 2.27. The number of carbonyl (C=O) groups is 2. The van der Waals surface area contributed by atoms with Crippen LogP contribution in [0.2, 0.25) is 0 Å². The van der Waals surface area contributed by atoms with E-state index in [9.17, 15) is 9.59 Å². The number of benzene rings is 2. The maximum absolute atomic E-state index is 12.3. The van der Waals surface area contributed by atoms with Crippen LogP contribution in [0, 0.1) is 0 Å². The molecule has 0 aliphatic carbocycles. The van der Waals surface area contributed by atoms with Crippen molar-refractivity contribution in [3.05, 3.63) is 70.7 Å². The Hall–Kier alpha value is -3.39. The second-order valence-electron chi connectivity index (χ2n) is 6.44. The van der Waals surface area contributed by atoms with Gasteiger partial charge in [-0.05, 0) is 29.7 Å². The Labute approximate surface area is 179 Å². The van der Waals surface area contributed by atoms with Crippen molar-refractivity contribution in [1.29, 1.82) is 0 Å². The van der Waals surface area contributed by atoms with Gasteiger partial charge in [0, 0.05) is 11.9 Å². The molecular weight excluding hydrogens is 402 g/mol. The third-order valence-corrected chi connectivity index (χ3v) is 5.10. The molecule has 0 atom stereocenters. The Balaban J connectivity index is 1.48. The second-order valence-corrected chi connectivity index (χ2v) is 7.30. The minimum absolute atomic E-state index is 0.170. The number of methoxy groups -OCH3 is 2. The van der Waals surface area contributed by atoms with Crippen LogP contribution in [0.5, 0.6) is 11.5 Å². The molecule has 0 fully saturated rings. The van der Waals surface area contributed by atoms with Gasteiger partial charge in [0.05, 0.1) is 20.6 Å². The molecule has 3 rings (SSSR count). The zero-order valence-corrected chi connectivity index (χ0v) is 17.6. The Morgan fingerprint density at radius 2 is 1.77 bits per heavy atom. The van der Waals surface area contributed by atoms with Gasteiger partial charge in [-0.2, -0.15) is 0 Å². The van der Waals surface area contributed by atoms with Crippen molar-refractivity contribution >= 4 is 28.3 Å².